The van der Waals surface area contributed by atoms with Crippen LogP contribution in [-0.2, 0) is 6.54 Å². The molecule has 0 aliphatic heterocycles. The molecular formula is C9H14BrClN2S. The minimum atomic E-state index is 0.749. The normalized spacial score (nSPS) is 11.2. The molecule has 2 N–H and O–H groups in total. The van der Waals surface area contributed by atoms with Crippen LogP contribution in [0, 0.1) is 0 Å². The van der Waals surface area contributed by atoms with Crippen LogP contribution in [-0.4, -0.2) is 25.0 Å². The van der Waals surface area contributed by atoms with Gasteiger partial charge in [0.1, 0.15) is 4.34 Å². The lowest BCUT2D eigenvalue weighted by Crippen LogP contribution is -2.20. The fourth-order valence-electron chi connectivity index (χ4n) is 1.18. The Morgan fingerprint density at radius 3 is 2.86 bits per heavy atom. The Morgan fingerprint density at radius 1 is 1.64 bits per heavy atom. The summed E-state index contributed by atoms with van der Waals surface area (Å²) in [4.78, 5) is 3.53. The van der Waals surface area contributed by atoms with Gasteiger partial charge in [0.25, 0.3) is 0 Å². The summed E-state index contributed by atoms with van der Waals surface area (Å²) in [6, 6.07) is 2.08. The van der Waals surface area contributed by atoms with E-state index in [1.807, 2.05) is 0 Å². The first-order chi connectivity index (χ1) is 6.63. The number of nitrogens with zero attached hydrogens (tertiary/aromatic N) is 1. The molecule has 1 aromatic rings. The largest absolute Gasteiger partial charge is 0.330 e. The summed E-state index contributed by atoms with van der Waals surface area (Å²) in [6.45, 7) is 2.72. The molecule has 0 aromatic carbocycles. The summed E-state index contributed by atoms with van der Waals surface area (Å²) in [6.07, 6.45) is 1.04. The van der Waals surface area contributed by atoms with Crippen LogP contribution >= 0.6 is 38.9 Å². The van der Waals surface area contributed by atoms with Gasteiger partial charge in [-0.05, 0) is 48.6 Å². The predicted molar refractivity (Wildman–Crippen MR) is 67.0 cm³/mol. The lowest BCUT2D eigenvalue weighted by atomic mass is 10.3. The molecule has 0 amide bonds. The van der Waals surface area contributed by atoms with Crippen LogP contribution in [0.4, 0.5) is 0 Å². The van der Waals surface area contributed by atoms with E-state index in [0.29, 0.717) is 0 Å². The Bertz CT molecular complexity index is 271. The number of thiophene rings is 1. The maximum Gasteiger partial charge on any atom is 0.107 e. The molecule has 0 unspecified atom stereocenters. The Labute approximate surface area is 102 Å². The van der Waals surface area contributed by atoms with Crippen molar-refractivity contribution in [3.8, 4) is 0 Å². The molecule has 0 fully saturated rings. The molecule has 0 aliphatic rings. The Hall–Kier alpha value is 0.390. The smallest absolute Gasteiger partial charge is 0.107 e. The number of hydrogen-bond acceptors (Lipinski definition) is 3. The van der Waals surface area contributed by atoms with Crippen molar-refractivity contribution in [1.29, 1.82) is 0 Å². The summed E-state index contributed by atoms with van der Waals surface area (Å²) in [5, 5.41) is 0. The minimum Gasteiger partial charge on any atom is -0.330 e. The second-order valence-corrected chi connectivity index (χ2v) is 5.81. The summed E-state index contributed by atoms with van der Waals surface area (Å²) < 4.78 is 1.82. The zero-order valence-corrected chi connectivity index (χ0v) is 11.3. The summed E-state index contributed by atoms with van der Waals surface area (Å²) in [7, 11) is 2.09. The molecular weight excluding hydrogens is 284 g/mol. The molecule has 80 valence electrons. The van der Waals surface area contributed by atoms with E-state index in [0.717, 1.165) is 34.9 Å². The highest BCUT2D eigenvalue weighted by atomic mass is 79.9. The monoisotopic (exact) mass is 296 g/mol. The SMILES string of the molecule is CN(CCCN)Cc1cc(Br)c(Cl)s1. The molecule has 0 radical (unpaired) electrons. The molecule has 1 rings (SSSR count). The van der Waals surface area contributed by atoms with Crippen molar-refractivity contribution in [3.63, 3.8) is 0 Å². The molecule has 0 saturated carbocycles. The minimum absolute atomic E-state index is 0.749. The van der Waals surface area contributed by atoms with Crippen LogP contribution in [0.2, 0.25) is 4.34 Å². The van der Waals surface area contributed by atoms with E-state index < -0.39 is 0 Å². The second-order valence-electron chi connectivity index (χ2n) is 3.21. The summed E-state index contributed by atoms with van der Waals surface area (Å²) in [5.41, 5.74) is 5.45. The molecule has 2 nitrogen and oxygen atoms in total. The van der Waals surface area contributed by atoms with Crippen molar-refractivity contribution in [3.05, 3.63) is 19.8 Å². The molecule has 1 aromatic heterocycles. The summed E-state index contributed by atoms with van der Waals surface area (Å²) in [5.74, 6) is 0. The van der Waals surface area contributed by atoms with Gasteiger partial charge < -0.3 is 10.6 Å². The highest BCUT2D eigenvalue weighted by Crippen LogP contribution is 2.32. The number of nitrogens with two attached hydrogens (primary N) is 1. The first kappa shape index (κ1) is 12.5. The Balaban J connectivity index is 2.43. The fraction of sp³-hybridized carbons (Fsp3) is 0.556. The van der Waals surface area contributed by atoms with E-state index >= 15 is 0 Å². The third-order valence-electron chi connectivity index (χ3n) is 1.87. The van der Waals surface area contributed by atoms with Gasteiger partial charge in [0, 0.05) is 15.9 Å². The number of hydrogen-bond donors (Lipinski definition) is 1. The average molecular weight is 298 g/mol. The van der Waals surface area contributed by atoms with Gasteiger partial charge in [0.05, 0.1) is 0 Å². The van der Waals surface area contributed by atoms with Gasteiger partial charge in [-0.25, -0.2) is 0 Å². The standard InChI is InChI=1S/C9H14BrClN2S/c1-13(4-2-3-12)6-7-5-8(10)9(11)14-7/h5H,2-4,6,12H2,1H3. The van der Waals surface area contributed by atoms with Crippen molar-refractivity contribution >= 4 is 38.9 Å². The van der Waals surface area contributed by atoms with E-state index in [9.17, 15) is 0 Å². The zero-order chi connectivity index (χ0) is 10.6. The lowest BCUT2D eigenvalue weighted by molar-refractivity contribution is 0.327. The highest BCUT2D eigenvalue weighted by Gasteiger charge is 2.06. The predicted octanol–water partition coefficient (Wildman–Crippen LogP) is 2.94. The molecule has 5 heteroatoms. The first-order valence-corrected chi connectivity index (χ1v) is 6.44. The Kier molecular flexibility index (Phi) is 5.41. The third kappa shape index (κ3) is 3.87. The lowest BCUT2D eigenvalue weighted by Gasteiger charge is -2.14. The molecule has 0 spiro atoms. The molecule has 0 saturated heterocycles. The second kappa shape index (κ2) is 6.08. The maximum atomic E-state index is 5.95. The van der Waals surface area contributed by atoms with Gasteiger partial charge in [-0.2, -0.15) is 0 Å². The molecule has 0 aliphatic carbocycles. The van der Waals surface area contributed by atoms with Crippen molar-refractivity contribution in [2.75, 3.05) is 20.1 Å². The zero-order valence-electron chi connectivity index (χ0n) is 8.09. The van der Waals surface area contributed by atoms with Crippen LogP contribution in [0.5, 0.6) is 0 Å². The van der Waals surface area contributed by atoms with E-state index in [2.05, 4.69) is 33.9 Å². The maximum absolute atomic E-state index is 5.95. The van der Waals surface area contributed by atoms with Crippen LogP contribution in [0.15, 0.2) is 10.5 Å². The van der Waals surface area contributed by atoms with Crippen LogP contribution < -0.4 is 5.73 Å². The van der Waals surface area contributed by atoms with Crippen LogP contribution in [0.3, 0.4) is 0 Å². The van der Waals surface area contributed by atoms with Crippen LogP contribution in [0.1, 0.15) is 11.3 Å². The van der Waals surface area contributed by atoms with Gasteiger partial charge in [-0.1, -0.05) is 11.6 Å². The van der Waals surface area contributed by atoms with Gasteiger partial charge >= 0.3 is 0 Å². The van der Waals surface area contributed by atoms with E-state index in [-0.39, 0.29) is 0 Å². The number of rotatable bonds is 5. The third-order valence-corrected chi connectivity index (χ3v) is 4.33. The van der Waals surface area contributed by atoms with Crippen LogP contribution in [0.25, 0.3) is 0 Å². The quantitative estimate of drug-likeness (QED) is 0.905. The van der Waals surface area contributed by atoms with Crippen molar-refractivity contribution < 1.29 is 0 Å². The van der Waals surface area contributed by atoms with E-state index in [1.165, 1.54) is 4.88 Å². The van der Waals surface area contributed by atoms with Gasteiger partial charge in [0.15, 0.2) is 0 Å². The van der Waals surface area contributed by atoms with Gasteiger partial charge in [-0.15, -0.1) is 11.3 Å². The first-order valence-electron chi connectivity index (χ1n) is 4.46. The van der Waals surface area contributed by atoms with Crippen molar-refractivity contribution in [2.24, 2.45) is 5.73 Å². The van der Waals surface area contributed by atoms with Crippen molar-refractivity contribution in [2.45, 2.75) is 13.0 Å². The van der Waals surface area contributed by atoms with Gasteiger partial charge in [0.2, 0.25) is 0 Å². The Morgan fingerprint density at radius 2 is 2.36 bits per heavy atom. The fourth-order valence-corrected chi connectivity index (χ4v) is 3.05. The van der Waals surface area contributed by atoms with E-state index in [4.69, 9.17) is 17.3 Å². The van der Waals surface area contributed by atoms with Gasteiger partial charge in [-0.3, -0.25) is 0 Å². The molecule has 0 bridgehead atoms. The molecule has 14 heavy (non-hydrogen) atoms. The molecule has 1 heterocycles. The summed E-state index contributed by atoms with van der Waals surface area (Å²) >= 11 is 11.0. The number of halogens is 2. The topological polar surface area (TPSA) is 29.3 Å². The van der Waals surface area contributed by atoms with E-state index in [1.54, 1.807) is 11.3 Å². The average Bonchev–Trinajstić information content (AvgIpc) is 2.42. The molecule has 0 atom stereocenters. The highest BCUT2D eigenvalue weighted by molar-refractivity contribution is 9.10. The van der Waals surface area contributed by atoms with Crippen molar-refractivity contribution in [1.82, 2.24) is 4.90 Å².